The summed E-state index contributed by atoms with van der Waals surface area (Å²) in [6.45, 7) is 3.04. The van der Waals surface area contributed by atoms with E-state index in [1.54, 1.807) is 36.4 Å². The summed E-state index contributed by atoms with van der Waals surface area (Å²) < 4.78 is 29.9. The first-order chi connectivity index (χ1) is 11.8. The lowest BCUT2D eigenvalue weighted by Crippen LogP contribution is -2.33. The molecule has 1 atom stereocenters. The Morgan fingerprint density at radius 3 is 2.16 bits per heavy atom. The van der Waals surface area contributed by atoms with Gasteiger partial charge in [-0.15, -0.1) is 0 Å². The van der Waals surface area contributed by atoms with Crippen LogP contribution in [0.1, 0.15) is 18.1 Å². The van der Waals surface area contributed by atoms with Crippen molar-refractivity contribution in [2.75, 3.05) is 5.75 Å². The van der Waals surface area contributed by atoms with Crippen molar-refractivity contribution in [1.29, 1.82) is 0 Å². The zero-order chi connectivity index (χ0) is 18.4. The van der Waals surface area contributed by atoms with E-state index in [4.69, 9.17) is 4.74 Å². The summed E-state index contributed by atoms with van der Waals surface area (Å²) in [7, 11) is -3.79. The van der Waals surface area contributed by atoms with E-state index in [1.807, 2.05) is 13.0 Å². The Labute approximate surface area is 147 Å². The molecule has 0 saturated carbocycles. The number of ketones is 1. The van der Waals surface area contributed by atoms with Gasteiger partial charge in [-0.2, -0.15) is 0 Å². The molecule has 0 unspecified atom stereocenters. The smallest absolute Gasteiger partial charge is 0.303 e. The van der Waals surface area contributed by atoms with Gasteiger partial charge in [0.2, 0.25) is 0 Å². The maximum atomic E-state index is 12.5. The van der Waals surface area contributed by atoms with Crippen LogP contribution in [0.3, 0.4) is 0 Å². The number of aryl methyl sites for hydroxylation is 1. The predicted octanol–water partition coefficient (Wildman–Crippen LogP) is 2.51. The maximum Gasteiger partial charge on any atom is 0.303 e. The van der Waals surface area contributed by atoms with Crippen LogP contribution in [0, 0.1) is 6.92 Å². The molecule has 2 rings (SSSR count). The molecule has 0 spiro atoms. The van der Waals surface area contributed by atoms with Crippen molar-refractivity contribution in [3.05, 3.63) is 65.7 Å². The van der Waals surface area contributed by atoms with Crippen molar-refractivity contribution in [3.8, 4) is 0 Å². The predicted molar refractivity (Wildman–Crippen MR) is 93.9 cm³/mol. The lowest BCUT2D eigenvalue weighted by Gasteiger charge is -2.16. The molecular weight excluding hydrogens is 340 g/mol. The molecule has 2 aromatic carbocycles. The Hall–Kier alpha value is -2.47. The summed E-state index contributed by atoms with van der Waals surface area (Å²) in [5, 5.41) is 0. The van der Waals surface area contributed by atoms with Gasteiger partial charge in [0.25, 0.3) is 0 Å². The van der Waals surface area contributed by atoms with Crippen LogP contribution in [0.25, 0.3) is 0 Å². The van der Waals surface area contributed by atoms with Crippen molar-refractivity contribution < 1.29 is 22.7 Å². The fraction of sp³-hybridized carbons (Fsp3) is 0.263. The SMILES string of the molecule is CC(=O)O[C@@H](Cc1ccccc1)C(=O)CS(=O)(=O)c1ccc(C)cc1. The minimum atomic E-state index is -3.79. The Morgan fingerprint density at radius 1 is 1.00 bits per heavy atom. The van der Waals surface area contributed by atoms with Crippen LogP contribution in [0.2, 0.25) is 0 Å². The summed E-state index contributed by atoms with van der Waals surface area (Å²) >= 11 is 0. The minimum Gasteiger partial charge on any atom is -0.454 e. The van der Waals surface area contributed by atoms with Gasteiger partial charge in [-0.3, -0.25) is 9.59 Å². The second-order valence-corrected chi connectivity index (χ2v) is 7.82. The molecule has 2 aromatic rings. The van der Waals surface area contributed by atoms with Crippen LogP contribution in [0.5, 0.6) is 0 Å². The number of hydrogen-bond donors (Lipinski definition) is 0. The average Bonchev–Trinajstić information content (AvgIpc) is 2.55. The third kappa shape index (κ3) is 5.53. The lowest BCUT2D eigenvalue weighted by molar-refractivity contribution is -0.152. The summed E-state index contributed by atoms with van der Waals surface area (Å²) in [6, 6.07) is 15.3. The standard InChI is InChI=1S/C19H20O5S/c1-14-8-10-17(11-9-14)25(22,23)13-18(21)19(24-15(2)20)12-16-6-4-3-5-7-16/h3-11,19H,12-13H2,1-2H3/t19-/m0/s1. The Kier molecular flexibility index (Phi) is 6.09. The van der Waals surface area contributed by atoms with Crippen LogP contribution >= 0.6 is 0 Å². The summed E-state index contributed by atoms with van der Waals surface area (Å²) in [6.07, 6.45) is -0.983. The van der Waals surface area contributed by atoms with E-state index in [0.29, 0.717) is 0 Å². The van der Waals surface area contributed by atoms with E-state index in [9.17, 15) is 18.0 Å². The first-order valence-corrected chi connectivity index (χ1v) is 9.46. The molecule has 0 amide bonds. The monoisotopic (exact) mass is 360 g/mol. The highest BCUT2D eigenvalue weighted by Crippen LogP contribution is 2.15. The van der Waals surface area contributed by atoms with Gasteiger partial charge in [0, 0.05) is 13.3 Å². The quantitative estimate of drug-likeness (QED) is 0.709. The van der Waals surface area contributed by atoms with E-state index < -0.39 is 33.4 Å². The zero-order valence-electron chi connectivity index (χ0n) is 14.1. The molecule has 0 aliphatic rings. The molecule has 0 aliphatic carbocycles. The maximum absolute atomic E-state index is 12.5. The first kappa shape index (κ1) is 18.9. The van der Waals surface area contributed by atoms with Crippen LogP contribution in [-0.2, 0) is 30.6 Å². The van der Waals surface area contributed by atoms with Crippen molar-refractivity contribution in [2.24, 2.45) is 0 Å². The molecule has 0 heterocycles. The number of carbonyl (C=O) groups is 2. The third-order valence-corrected chi connectivity index (χ3v) is 5.30. The summed E-state index contributed by atoms with van der Waals surface area (Å²) in [4.78, 5) is 23.9. The molecule has 0 radical (unpaired) electrons. The number of ether oxygens (including phenoxy) is 1. The summed E-state index contributed by atoms with van der Waals surface area (Å²) in [5.41, 5.74) is 1.71. The number of sulfone groups is 1. The second-order valence-electron chi connectivity index (χ2n) is 5.83. The molecule has 0 bridgehead atoms. The van der Waals surface area contributed by atoms with E-state index >= 15 is 0 Å². The van der Waals surface area contributed by atoms with Gasteiger partial charge in [0.1, 0.15) is 5.75 Å². The number of benzene rings is 2. The molecule has 0 saturated heterocycles. The highest BCUT2D eigenvalue weighted by molar-refractivity contribution is 7.92. The first-order valence-electron chi connectivity index (χ1n) is 7.81. The summed E-state index contributed by atoms with van der Waals surface area (Å²) in [5.74, 6) is -1.97. The number of rotatable bonds is 7. The Balaban J connectivity index is 2.18. The number of Topliss-reactive ketones (excluding diaryl/α,β-unsaturated/α-hetero) is 1. The van der Waals surface area contributed by atoms with Gasteiger partial charge < -0.3 is 4.74 Å². The second kappa shape index (κ2) is 8.07. The van der Waals surface area contributed by atoms with E-state index in [-0.39, 0.29) is 11.3 Å². The van der Waals surface area contributed by atoms with Crippen molar-refractivity contribution in [1.82, 2.24) is 0 Å². The molecule has 5 nitrogen and oxygen atoms in total. The fourth-order valence-electron chi connectivity index (χ4n) is 2.36. The van der Waals surface area contributed by atoms with Crippen LogP contribution < -0.4 is 0 Å². The van der Waals surface area contributed by atoms with Gasteiger partial charge in [0.05, 0.1) is 4.90 Å². The molecule has 0 N–H and O–H groups in total. The molecule has 6 heteroatoms. The van der Waals surface area contributed by atoms with Crippen LogP contribution in [0.15, 0.2) is 59.5 Å². The lowest BCUT2D eigenvalue weighted by atomic mass is 10.1. The largest absolute Gasteiger partial charge is 0.454 e. The van der Waals surface area contributed by atoms with Crippen LogP contribution in [-0.4, -0.2) is 32.0 Å². The molecular formula is C19H20O5S. The van der Waals surface area contributed by atoms with Gasteiger partial charge >= 0.3 is 5.97 Å². The normalized spacial score (nSPS) is 12.4. The highest BCUT2D eigenvalue weighted by Gasteiger charge is 2.28. The van der Waals surface area contributed by atoms with E-state index in [1.165, 1.54) is 19.1 Å². The molecule has 132 valence electrons. The minimum absolute atomic E-state index is 0.0766. The number of hydrogen-bond acceptors (Lipinski definition) is 5. The average molecular weight is 360 g/mol. The number of esters is 1. The molecule has 0 aromatic heterocycles. The number of carbonyl (C=O) groups excluding carboxylic acids is 2. The molecule has 0 aliphatic heterocycles. The highest BCUT2D eigenvalue weighted by atomic mass is 32.2. The Bertz CT molecular complexity index is 839. The fourth-order valence-corrected chi connectivity index (χ4v) is 3.64. The van der Waals surface area contributed by atoms with Gasteiger partial charge in [0.15, 0.2) is 21.7 Å². The third-order valence-electron chi connectivity index (χ3n) is 3.64. The van der Waals surface area contributed by atoms with Gasteiger partial charge in [-0.05, 0) is 24.6 Å². The molecule has 0 fully saturated rings. The van der Waals surface area contributed by atoms with E-state index in [2.05, 4.69) is 0 Å². The van der Waals surface area contributed by atoms with Crippen molar-refractivity contribution >= 4 is 21.6 Å². The molecule has 25 heavy (non-hydrogen) atoms. The zero-order valence-corrected chi connectivity index (χ0v) is 15.0. The van der Waals surface area contributed by atoms with Gasteiger partial charge in [-0.1, -0.05) is 48.0 Å². The van der Waals surface area contributed by atoms with Crippen LogP contribution in [0.4, 0.5) is 0 Å². The topological polar surface area (TPSA) is 77.5 Å². The van der Waals surface area contributed by atoms with Crippen molar-refractivity contribution in [3.63, 3.8) is 0 Å². The van der Waals surface area contributed by atoms with Crippen molar-refractivity contribution in [2.45, 2.75) is 31.3 Å². The van der Waals surface area contributed by atoms with Gasteiger partial charge in [-0.25, -0.2) is 8.42 Å². The Morgan fingerprint density at radius 2 is 1.60 bits per heavy atom. The van der Waals surface area contributed by atoms with E-state index in [0.717, 1.165) is 11.1 Å².